The van der Waals surface area contributed by atoms with E-state index in [0.29, 0.717) is 5.15 Å². The van der Waals surface area contributed by atoms with Crippen LogP contribution < -0.4 is 5.32 Å². The van der Waals surface area contributed by atoms with Crippen LogP contribution in [0.4, 0.5) is 5.82 Å². The fraction of sp³-hybridized carbons (Fsp3) is 0.500. The van der Waals surface area contributed by atoms with Crippen LogP contribution in [0.25, 0.3) is 0 Å². The quantitative estimate of drug-likeness (QED) is 0.624. The molecule has 0 fully saturated rings. The molecule has 0 saturated carbocycles. The molecule has 0 amide bonds. The molecule has 1 aliphatic heterocycles. The highest BCUT2D eigenvalue weighted by Crippen LogP contribution is 2.37. The van der Waals surface area contributed by atoms with Crippen LogP contribution in [0.15, 0.2) is 6.33 Å². The van der Waals surface area contributed by atoms with Gasteiger partial charge in [-0.3, -0.25) is 0 Å². The number of anilines is 1. The lowest BCUT2D eigenvalue weighted by Crippen LogP contribution is -2.19. The van der Waals surface area contributed by atoms with E-state index in [2.05, 4.69) is 29.1 Å². The van der Waals surface area contributed by atoms with Gasteiger partial charge in [-0.15, -0.1) is 0 Å². The fourth-order valence-corrected chi connectivity index (χ4v) is 1.88. The highest BCUT2D eigenvalue weighted by Gasteiger charge is 2.33. The van der Waals surface area contributed by atoms with Gasteiger partial charge in [-0.2, -0.15) is 0 Å². The molecule has 1 aromatic rings. The Morgan fingerprint density at radius 1 is 1.50 bits per heavy atom. The van der Waals surface area contributed by atoms with Gasteiger partial charge < -0.3 is 5.32 Å². The third-order valence-electron chi connectivity index (χ3n) is 2.18. The van der Waals surface area contributed by atoms with Crippen LogP contribution in [0.5, 0.6) is 0 Å². The summed E-state index contributed by atoms with van der Waals surface area (Å²) < 4.78 is 0. The molecule has 64 valence electrons. The van der Waals surface area contributed by atoms with Crippen molar-refractivity contribution in [3.05, 3.63) is 17.0 Å². The highest BCUT2D eigenvalue weighted by atomic mass is 35.5. The zero-order valence-electron chi connectivity index (χ0n) is 7.06. The summed E-state index contributed by atoms with van der Waals surface area (Å²) in [6, 6.07) is 0. The van der Waals surface area contributed by atoms with Crippen LogP contribution in [0.3, 0.4) is 0 Å². The number of hydrogen-bond donors (Lipinski definition) is 1. The predicted molar refractivity (Wildman–Crippen MR) is 48.6 cm³/mol. The Labute approximate surface area is 76.2 Å². The average Bonchev–Trinajstić information content (AvgIpc) is 2.29. The molecule has 12 heavy (non-hydrogen) atoms. The number of halogens is 1. The number of nitrogens with zero attached hydrogens (tertiary/aromatic N) is 2. The lowest BCUT2D eigenvalue weighted by molar-refractivity contribution is 0.584. The Bertz CT molecular complexity index is 322. The van der Waals surface area contributed by atoms with Gasteiger partial charge in [0.2, 0.25) is 0 Å². The molecule has 1 aromatic heterocycles. The van der Waals surface area contributed by atoms with Crippen molar-refractivity contribution < 1.29 is 0 Å². The molecular formula is C8H10ClN3. The molecular weight excluding hydrogens is 174 g/mol. The largest absolute Gasteiger partial charge is 0.369 e. The molecule has 2 rings (SSSR count). The van der Waals surface area contributed by atoms with E-state index in [1.807, 2.05) is 0 Å². The predicted octanol–water partition coefficient (Wildman–Crippen LogP) is 1.83. The van der Waals surface area contributed by atoms with Crippen molar-refractivity contribution in [1.29, 1.82) is 0 Å². The number of hydrogen-bond acceptors (Lipinski definition) is 3. The maximum Gasteiger partial charge on any atom is 0.138 e. The molecule has 1 N–H and O–H groups in total. The normalized spacial score (nSPS) is 18.6. The van der Waals surface area contributed by atoms with Gasteiger partial charge in [0.1, 0.15) is 17.3 Å². The molecule has 0 radical (unpaired) electrons. The van der Waals surface area contributed by atoms with Crippen LogP contribution in [0, 0.1) is 0 Å². The van der Waals surface area contributed by atoms with Crippen molar-refractivity contribution in [1.82, 2.24) is 9.97 Å². The summed E-state index contributed by atoms with van der Waals surface area (Å²) in [5, 5.41) is 3.76. The third kappa shape index (κ3) is 0.966. The van der Waals surface area contributed by atoms with Crippen LogP contribution in [-0.4, -0.2) is 16.5 Å². The monoisotopic (exact) mass is 183 g/mol. The Hall–Kier alpha value is -0.830. The molecule has 0 aliphatic carbocycles. The van der Waals surface area contributed by atoms with Crippen molar-refractivity contribution in [2.45, 2.75) is 19.3 Å². The first kappa shape index (κ1) is 7.80. The second kappa shape index (κ2) is 2.33. The first-order valence-electron chi connectivity index (χ1n) is 3.86. The Balaban J connectivity index is 2.64. The van der Waals surface area contributed by atoms with Crippen molar-refractivity contribution in [3.63, 3.8) is 0 Å². The first-order chi connectivity index (χ1) is 5.61. The second-order valence-electron chi connectivity index (χ2n) is 3.63. The highest BCUT2D eigenvalue weighted by molar-refractivity contribution is 6.30. The topological polar surface area (TPSA) is 37.8 Å². The summed E-state index contributed by atoms with van der Waals surface area (Å²) in [6.45, 7) is 5.13. The molecule has 0 saturated heterocycles. The average molecular weight is 184 g/mol. The second-order valence-corrected chi connectivity index (χ2v) is 3.98. The smallest absolute Gasteiger partial charge is 0.138 e. The van der Waals surface area contributed by atoms with E-state index in [1.165, 1.54) is 6.33 Å². The van der Waals surface area contributed by atoms with E-state index in [0.717, 1.165) is 17.9 Å². The van der Waals surface area contributed by atoms with Crippen molar-refractivity contribution in [2.24, 2.45) is 0 Å². The number of nitrogens with one attached hydrogen (secondary N) is 1. The summed E-state index contributed by atoms with van der Waals surface area (Å²) in [5.41, 5.74) is 1.08. The summed E-state index contributed by atoms with van der Waals surface area (Å²) in [6.07, 6.45) is 1.48. The van der Waals surface area contributed by atoms with Crippen LogP contribution in [0.1, 0.15) is 19.4 Å². The molecule has 4 heteroatoms. The number of aromatic nitrogens is 2. The van der Waals surface area contributed by atoms with Gasteiger partial charge in [0.15, 0.2) is 0 Å². The molecule has 3 nitrogen and oxygen atoms in total. The lowest BCUT2D eigenvalue weighted by atomic mass is 9.89. The molecule has 0 bridgehead atoms. The summed E-state index contributed by atoms with van der Waals surface area (Å²) in [7, 11) is 0. The molecule has 2 heterocycles. The minimum absolute atomic E-state index is 0.0493. The maximum absolute atomic E-state index is 5.96. The van der Waals surface area contributed by atoms with Crippen molar-refractivity contribution in [2.75, 3.05) is 11.9 Å². The zero-order chi connectivity index (χ0) is 8.77. The first-order valence-corrected chi connectivity index (χ1v) is 4.24. The van der Waals surface area contributed by atoms with Crippen molar-refractivity contribution in [3.8, 4) is 0 Å². The van der Waals surface area contributed by atoms with Gasteiger partial charge in [0, 0.05) is 17.5 Å². The third-order valence-corrected chi connectivity index (χ3v) is 2.46. The number of rotatable bonds is 0. The zero-order valence-corrected chi connectivity index (χ0v) is 7.81. The van der Waals surface area contributed by atoms with Crippen LogP contribution in [-0.2, 0) is 5.41 Å². The van der Waals surface area contributed by atoms with Crippen LogP contribution in [0.2, 0.25) is 5.15 Å². The molecule has 1 aliphatic rings. The van der Waals surface area contributed by atoms with Gasteiger partial charge in [0.25, 0.3) is 0 Å². The standard InChI is InChI=1S/C8H10ClN3/c1-8(2)3-10-7-5(8)6(9)11-4-12-7/h4H,3H2,1-2H3,(H,10,11,12). The maximum atomic E-state index is 5.96. The molecule has 0 atom stereocenters. The molecule has 0 spiro atoms. The fourth-order valence-electron chi connectivity index (χ4n) is 1.49. The molecule has 0 unspecified atom stereocenters. The van der Waals surface area contributed by atoms with Gasteiger partial charge in [-0.25, -0.2) is 9.97 Å². The molecule has 0 aromatic carbocycles. The minimum Gasteiger partial charge on any atom is -0.369 e. The Kier molecular flexibility index (Phi) is 1.51. The van der Waals surface area contributed by atoms with Gasteiger partial charge >= 0.3 is 0 Å². The van der Waals surface area contributed by atoms with E-state index in [1.54, 1.807) is 0 Å². The van der Waals surface area contributed by atoms with E-state index in [9.17, 15) is 0 Å². The number of fused-ring (bicyclic) bond motifs is 1. The van der Waals surface area contributed by atoms with Crippen LogP contribution >= 0.6 is 11.6 Å². The van der Waals surface area contributed by atoms with Gasteiger partial charge in [0.05, 0.1) is 0 Å². The van der Waals surface area contributed by atoms with E-state index in [-0.39, 0.29) is 5.41 Å². The minimum atomic E-state index is 0.0493. The summed E-state index contributed by atoms with van der Waals surface area (Å²) in [4.78, 5) is 8.07. The van der Waals surface area contributed by atoms with E-state index >= 15 is 0 Å². The van der Waals surface area contributed by atoms with Gasteiger partial charge in [-0.05, 0) is 0 Å². The Morgan fingerprint density at radius 2 is 2.25 bits per heavy atom. The van der Waals surface area contributed by atoms with E-state index < -0.39 is 0 Å². The summed E-state index contributed by atoms with van der Waals surface area (Å²) >= 11 is 5.96. The summed E-state index contributed by atoms with van der Waals surface area (Å²) in [5.74, 6) is 0.875. The van der Waals surface area contributed by atoms with E-state index in [4.69, 9.17) is 11.6 Å². The van der Waals surface area contributed by atoms with Gasteiger partial charge in [-0.1, -0.05) is 25.4 Å². The Morgan fingerprint density at radius 3 is 2.92 bits per heavy atom. The lowest BCUT2D eigenvalue weighted by Gasteiger charge is -2.16. The SMILES string of the molecule is CC1(C)CNc2ncnc(Cl)c21. The van der Waals surface area contributed by atoms with Crippen molar-refractivity contribution >= 4 is 17.4 Å².